The van der Waals surface area contributed by atoms with Gasteiger partial charge in [0.1, 0.15) is 0 Å². The SMILES string of the molecule is O=C(NCC1CCCO1)OCC(F)(F)F. The van der Waals surface area contributed by atoms with Gasteiger partial charge in [0.05, 0.1) is 6.10 Å². The molecule has 1 saturated heterocycles. The Bertz CT molecular complexity index is 214. The van der Waals surface area contributed by atoms with E-state index in [4.69, 9.17) is 4.74 Å². The molecule has 0 aromatic heterocycles. The maximum Gasteiger partial charge on any atom is 0.422 e. The summed E-state index contributed by atoms with van der Waals surface area (Å²) in [6, 6.07) is 0. The van der Waals surface area contributed by atoms with Crippen LogP contribution in [-0.4, -0.2) is 38.1 Å². The number of alkyl carbamates (subject to hydrolysis) is 1. The van der Waals surface area contributed by atoms with Crippen molar-refractivity contribution in [3.63, 3.8) is 0 Å². The summed E-state index contributed by atoms with van der Waals surface area (Å²) in [5.74, 6) is 0. The summed E-state index contributed by atoms with van der Waals surface area (Å²) in [5, 5.41) is 2.21. The monoisotopic (exact) mass is 227 g/mol. The molecule has 0 bridgehead atoms. The second kappa shape index (κ2) is 5.20. The molecule has 0 aromatic rings. The minimum atomic E-state index is -4.48. The van der Waals surface area contributed by atoms with Crippen molar-refractivity contribution < 1.29 is 27.4 Å². The Kier molecular flexibility index (Phi) is 4.19. The standard InChI is InChI=1S/C8H12F3NO3/c9-8(10,11)5-15-7(13)12-4-6-2-1-3-14-6/h6H,1-5H2,(H,12,13). The Morgan fingerprint density at radius 2 is 2.27 bits per heavy atom. The van der Waals surface area contributed by atoms with Crippen LogP contribution in [0.1, 0.15) is 12.8 Å². The van der Waals surface area contributed by atoms with Crippen molar-refractivity contribution in [1.29, 1.82) is 0 Å². The quantitative estimate of drug-likeness (QED) is 0.793. The Balaban J connectivity index is 2.08. The van der Waals surface area contributed by atoms with E-state index in [0.717, 1.165) is 12.8 Å². The van der Waals surface area contributed by atoms with E-state index < -0.39 is 18.9 Å². The van der Waals surface area contributed by atoms with Crippen molar-refractivity contribution in [3.8, 4) is 0 Å². The molecule has 0 radical (unpaired) electrons. The van der Waals surface area contributed by atoms with Crippen molar-refractivity contribution in [2.45, 2.75) is 25.1 Å². The summed E-state index contributed by atoms with van der Waals surface area (Å²) < 4.78 is 44.0. The summed E-state index contributed by atoms with van der Waals surface area (Å²) in [5.41, 5.74) is 0. The van der Waals surface area contributed by atoms with E-state index >= 15 is 0 Å². The first kappa shape index (κ1) is 12.1. The highest BCUT2D eigenvalue weighted by molar-refractivity contribution is 5.67. The van der Waals surface area contributed by atoms with E-state index in [1.807, 2.05) is 0 Å². The third-order valence-corrected chi connectivity index (χ3v) is 1.86. The van der Waals surface area contributed by atoms with Gasteiger partial charge in [0.2, 0.25) is 0 Å². The van der Waals surface area contributed by atoms with Crippen LogP contribution >= 0.6 is 0 Å². The van der Waals surface area contributed by atoms with Gasteiger partial charge in [-0.2, -0.15) is 13.2 Å². The molecule has 0 spiro atoms. The number of carbonyl (C=O) groups is 1. The highest BCUT2D eigenvalue weighted by Crippen LogP contribution is 2.14. The van der Waals surface area contributed by atoms with Crippen LogP contribution in [0.5, 0.6) is 0 Å². The second-order valence-electron chi connectivity index (χ2n) is 3.21. The maximum absolute atomic E-state index is 11.6. The van der Waals surface area contributed by atoms with Crippen molar-refractivity contribution in [3.05, 3.63) is 0 Å². The van der Waals surface area contributed by atoms with Crippen LogP contribution in [0.2, 0.25) is 0 Å². The minimum absolute atomic E-state index is 0.108. The summed E-state index contributed by atoms with van der Waals surface area (Å²) >= 11 is 0. The van der Waals surface area contributed by atoms with E-state index in [9.17, 15) is 18.0 Å². The van der Waals surface area contributed by atoms with Gasteiger partial charge in [-0.15, -0.1) is 0 Å². The van der Waals surface area contributed by atoms with Crippen LogP contribution in [0, 0.1) is 0 Å². The lowest BCUT2D eigenvalue weighted by Gasteiger charge is -2.11. The van der Waals surface area contributed by atoms with Gasteiger partial charge < -0.3 is 14.8 Å². The zero-order chi connectivity index (χ0) is 11.3. The summed E-state index contributed by atoms with van der Waals surface area (Å²) in [7, 11) is 0. The van der Waals surface area contributed by atoms with Crippen LogP contribution in [-0.2, 0) is 9.47 Å². The maximum atomic E-state index is 11.6. The molecule has 1 aliphatic rings. The fourth-order valence-electron chi connectivity index (χ4n) is 1.20. The van der Waals surface area contributed by atoms with Gasteiger partial charge in [0.15, 0.2) is 6.61 Å². The minimum Gasteiger partial charge on any atom is -0.440 e. The van der Waals surface area contributed by atoms with Crippen LogP contribution in [0.25, 0.3) is 0 Å². The smallest absolute Gasteiger partial charge is 0.422 e. The molecule has 0 aliphatic carbocycles. The molecular weight excluding hydrogens is 215 g/mol. The van der Waals surface area contributed by atoms with E-state index in [1.165, 1.54) is 0 Å². The Hall–Kier alpha value is -0.980. The number of nitrogens with one attached hydrogen (secondary N) is 1. The fourth-order valence-corrected chi connectivity index (χ4v) is 1.20. The zero-order valence-corrected chi connectivity index (χ0v) is 7.97. The third-order valence-electron chi connectivity index (χ3n) is 1.86. The Morgan fingerprint density at radius 1 is 1.53 bits per heavy atom. The average Bonchev–Trinajstić information content (AvgIpc) is 2.62. The van der Waals surface area contributed by atoms with E-state index in [2.05, 4.69) is 10.1 Å². The Morgan fingerprint density at radius 3 is 2.80 bits per heavy atom. The predicted octanol–water partition coefficient (Wildman–Crippen LogP) is 1.45. The zero-order valence-electron chi connectivity index (χ0n) is 7.97. The number of hydrogen-bond donors (Lipinski definition) is 1. The number of ether oxygens (including phenoxy) is 2. The molecular formula is C8H12F3NO3. The van der Waals surface area contributed by atoms with Crippen LogP contribution in [0.3, 0.4) is 0 Å². The van der Waals surface area contributed by atoms with Gasteiger partial charge >= 0.3 is 12.3 Å². The van der Waals surface area contributed by atoms with Gasteiger partial charge in [-0.3, -0.25) is 0 Å². The molecule has 1 unspecified atom stereocenters. The van der Waals surface area contributed by atoms with Crippen LogP contribution in [0.4, 0.5) is 18.0 Å². The molecule has 4 nitrogen and oxygen atoms in total. The van der Waals surface area contributed by atoms with Gasteiger partial charge in [-0.1, -0.05) is 0 Å². The van der Waals surface area contributed by atoms with Crippen LogP contribution in [0.15, 0.2) is 0 Å². The third kappa shape index (κ3) is 5.46. The molecule has 0 aromatic carbocycles. The van der Waals surface area contributed by atoms with Gasteiger partial charge in [-0.05, 0) is 12.8 Å². The molecule has 88 valence electrons. The Labute approximate surface area is 84.7 Å². The fraction of sp³-hybridized carbons (Fsp3) is 0.875. The number of alkyl halides is 3. The average molecular weight is 227 g/mol. The molecule has 1 heterocycles. The second-order valence-corrected chi connectivity index (χ2v) is 3.21. The molecule has 1 aliphatic heterocycles. The highest BCUT2D eigenvalue weighted by Gasteiger charge is 2.29. The molecule has 7 heteroatoms. The lowest BCUT2D eigenvalue weighted by molar-refractivity contribution is -0.160. The molecule has 1 atom stereocenters. The normalized spacial score (nSPS) is 21.4. The van der Waals surface area contributed by atoms with Crippen molar-refractivity contribution in [2.75, 3.05) is 19.8 Å². The lowest BCUT2D eigenvalue weighted by atomic mass is 10.2. The number of halogens is 3. The largest absolute Gasteiger partial charge is 0.440 e. The predicted molar refractivity (Wildman–Crippen MR) is 44.4 cm³/mol. The highest BCUT2D eigenvalue weighted by atomic mass is 19.4. The van der Waals surface area contributed by atoms with E-state index in [-0.39, 0.29) is 12.6 Å². The van der Waals surface area contributed by atoms with E-state index in [0.29, 0.717) is 6.61 Å². The first-order chi connectivity index (χ1) is 6.97. The van der Waals surface area contributed by atoms with Gasteiger partial charge in [0, 0.05) is 13.2 Å². The number of carbonyl (C=O) groups excluding carboxylic acids is 1. The number of hydrogen-bond acceptors (Lipinski definition) is 3. The number of amides is 1. The first-order valence-corrected chi connectivity index (χ1v) is 4.56. The number of rotatable bonds is 3. The summed E-state index contributed by atoms with van der Waals surface area (Å²) in [6.07, 6.45) is -3.95. The molecule has 15 heavy (non-hydrogen) atoms. The van der Waals surface area contributed by atoms with Crippen molar-refractivity contribution >= 4 is 6.09 Å². The lowest BCUT2D eigenvalue weighted by Crippen LogP contribution is -2.34. The molecule has 1 rings (SSSR count). The first-order valence-electron chi connectivity index (χ1n) is 4.56. The molecule has 1 fully saturated rings. The molecule has 1 amide bonds. The molecule has 0 saturated carbocycles. The van der Waals surface area contributed by atoms with Gasteiger partial charge in [0.25, 0.3) is 0 Å². The van der Waals surface area contributed by atoms with E-state index in [1.54, 1.807) is 0 Å². The topological polar surface area (TPSA) is 47.6 Å². The van der Waals surface area contributed by atoms with Crippen molar-refractivity contribution in [2.24, 2.45) is 0 Å². The summed E-state index contributed by atoms with van der Waals surface area (Å²) in [4.78, 5) is 10.8. The van der Waals surface area contributed by atoms with Crippen LogP contribution < -0.4 is 5.32 Å². The summed E-state index contributed by atoms with van der Waals surface area (Å²) in [6.45, 7) is -0.745. The molecule has 1 N–H and O–H groups in total. The van der Waals surface area contributed by atoms with Gasteiger partial charge in [-0.25, -0.2) is 4.79 Å². The van der Waals surface area contributed by atoms with Crippen molar-refractivity contribution in [1.82, 2.24) is 5.32 Å².